The van der Waals surface area contributed by atoms with Crippen LogP contribution in [0.15, 0.2) is 5.38 Å². The van der Waals surface area contributed by atoms with Gasteiger partial charge in [0.1, 0.15) is 5.01 Å². The first-order chi connectivity index (χ1) is 9.43. The molecule has 7 heteroatoms. The number of nitrogens with zero attached hydrogens (tertiary/aromatic N) is 2. The molecule has 1 aliphatic rings. The first-order valence-electron chi connectivity index (χ1n) is 6.46. The number of rotatable bonds is 5. The number of hydrogen-bond acceptors (Lipinski definition) is 5. The standard InChI is InChI=1S/C13H16N2O4S/c1-3-13(4-2)5-10(16)15(12(13)19)6-9-14-8(7-20-9)11(17)18/h7H,3-6H2,1-2H3,(H,17,18). The van der Waals surface area contributed by atoms with Gasteiger partial charge in [-0.15, -0.1) is 11.3 Å². The Morgan fingerprint density at radius 3 is 2.55 bits per heavy atom. The lowest BCUT2D eigenvalue weighted by Crippen LogP contribution is -2.34. The summed E-state index contributed by atoms with van der Waals surface area (Å²) < 4.78 is 0. The third-order valence-corrected chi connectivity index (χ3v) is 4.74. The minimum Gasteiger partial charge on any atom is -0.476 e. The number of imide groups is 1. The maximum absolute atomic E-state index is 12.4. The minimum atomic E-state index is -1.11. The number of likely N-dealkylation sites (tertiary alicyclic amines) is 1. The fourth-order valence-electron chi connectivity index (χ4n) is 2.44. The normalized spacial score (nSPS) is 17.8. The van der Waals surface area contributed by atoms with Crippen molar-refractivity contribution in [1.29, 1.82) is 0 Å². The first-order valence-corrected chi connectivity index (χ1v) is 7.34. The highest BCUT2D eigenvalue weighted by Crippen LogP contribution is 2.39. The van der Waals surface area contributed by atoms with Gasteiger partial charge in [0.05, 0.1) is 12.0 Å². The molecule has 0 saturated carbocycles. The number of amides is 2. The van der Waals surface area contributed by atoms with Crippen molar-refractivity contribution in [1.82, 2.24) is 9.88 Å². The molecule has 2 amide bonds. The lowest BCUT2D eigenvalue weighted by molar-refractivity contribution is -0.142. The van der Waals surface area contributed by atoms with E-state index in [-0.39, 0.29) is 30.5 Å². The molecular weight excluding hydrogens is 280 g/mol. The van der Waals surface area contributed by atoms with Crippen LogP contribution in [0.2, 0.25) is 0 Å². The molecule has 0 spiro atoms. The molecule has 1 aromatic heterocycles. The fraction of sp³-hybridized carbons (Fsp3) is 0.538. The van der Waals surface area contributed by atoms with Crippen LogP contribution >= 0.6 is 11.3 Å². The second-order valence-corrected chi connectivity index (χ2v) is 5.82. The van der Waals surface area contributed by atoms with Gasteiger partial charge >= 0.3 is 5.97 Å². The van der Waals surface area contributed by atoms with Crippen LogP contribution in [-0.2, 0) is 16.1 Å². The van der Waals surface area contributed by atoms with E-state index in [9.17, 15) is 14.4 Å². The van der Waals surface area contributed by atoms with Gasteiger partial charge in [-0.3, -0.25) is 14.5 Å². The zero-order valence-corrected chi connectivity index (χ0v) is 12.2. The van der Waals surface area contributed by atoms with E-state index in [0.717, 1.165) is 11.3 Å². The van der Waals surface area contributed by atoms with E-state index in [1.807, 2.05) is 13.8 Å². The molecule has 0 atom stereocenters. The Kier molecular flexibility index (Phi) is 3.89. The van der Waals surface area contributed by atoms with Crippen LogP contribution in [-0.4, -0.2) is 32.8 Å². The van der Waals surface area contributed by atoms with E-state index in [0.29, 0.717) is 17.8 Å². The average molecular weight is 296 g/mol. The number of carboxylic acids is 1. The van der Waals surface area contributed by atoms with Crippen LogP contribution in [0.5, 0.6) is 0 Å². The Bertz CT molecular complexity index is 562. The molecule has 108 valence electrons. The third kappa shape index (κ3) is 2.33. The predicted octanol–water partition coefficient (Wildman–Crippen LogP) is 1.91. The van der Waals surface area contributed by atoms with Crippen LogP contribution in [0, 0.1) is 5.41 Å². The van der Waals surface area contributed by atoms with Crippen LogP contribution in [0.25, 0.3) is 0 Å². The van der Waals surface area contributed by atoms with Crippen LogP contribution < -0.4 is 0 Å². The molecule has 2 rings (SSSR count). The zero-order valence-electron chi connectivity index (χ0n) is 11.4. The van der Waals surface area contributed by atoms with Gasteiger partial charge in [0.2, 0.25) is 11.8 Å². The Morgan fingerprint density at radius 1 is 1.45 bits per heavy atom. The number of aromatic nitrogens is 1. The van der Waals surface area contributed by atoms with Crippen molar-refractivity contribution >= 4 is 29.1 Å². The summed E-state index contributed by atoms with van der Waals surface area (Å²) in [5.41, 5.74) is -0.648. The fourth-order valence-corrected chi connectivity index (χ4v) is 3.20. The molecule has 0 radical (unpaired) electrons. The van der Waals surface area contributed by atoms with E-state index in [4.69, 9.17) is 5.11 Å². The summed E-state index contributed by atoms with van der Waals surface area (Å²) in [5, 5.41) is 10.7. The monoisotopic (exact) mass is 296 g/mol. The van der Waals surface area contributed by atoms with Crippen molar-refractivity contribution in [3.05, 3.63) is 16.1 Å². The van der Waals surface area contributed by atoms with Gasteiger partial charge in [-0.1, -0.05) is 13.8 Å². The van der Waals surface area contributed by atoms with Gasteiger partial charge in [-0.25, -0.2) is 9.78 Å². The molecule has 1 fully saturated rings. The topological polar surface area (TPSA) is 87.6 Å². The zero-order chi connectivity index (χ0) is 14.9. The summed E-state index contributed by atoms with van der Waals surface area (Å²) in [5.74, 6) is -1.48. The SMILES string of the molecule is CCC1(CC)CC(=O)N(Cc2nc(C(=O)O)cs2)C1=O. The second kappa shape index (κ2) is 5.32. The maximum Gasteiger partial charge on any atom is 0.355 e. The lowest BCUT2D eigenvalue weighted by Gasteiger charge is -2.23. The maximum atomic E-state index is 12.4. The van der Waals surface area contributed by atoms with Gasteiger partial charge in [-0.05, 0) is 12.8 Å². The molecule has 1 N–H and O–H groups in total. The molecule has 0 aromatic carbocycles. The highest BCUT2D eigenvalue weighted by molar-refractivity contribution is 7.09. The van der Waals surface area contributed by atoms with Crippen molar-refractivity contribution in [2.24, 2.45) is 5.41 Å². The largest absolute Gasteiger partial charge is 0.476 e. The highest BCUT2D eigenvalue weighted by Gasteiger charge is 2.49. The molecule has 1 aliphatic heterocycles. The molecule has 0 aliphatic carbocycles. The first kappa shape index (κ1) is 14.6. The molecule has 6 nitrogen and oxygen atoms in total. The van der Waals surface area contributed by atoms with Crippen molar-refractivity contribution in [2.45, 2.75) is 39.7 Å². The lowest BCUT2D eigenvalue weighted by atomic mass is 9.81. The van der Waals surface area contributed by atoms with Crippen molar-refractivity contribution in [2.75, 3.05) is 0 Å². The van der Waals surface area contributed by atoms with Gasteiger partial charge in [-0.2, -0.15) is 0 Å². The van der Waals surface area contributed by atoms with Crippen molar-refractivity contribution in [3.8, 4) is 0 Å². The molecule has 0 unspecified atom stereocenters. The van der Waals surface area contributed by atoms with E-state index in [1.165, 1.54) is 10.3 Å². The molecule has 0 bridgehead atoms. The highest BCUT2D eigenvalue weighted by atomic mass is 32.1. The predicted molar refractivity (Wildman–Crippen MR) is 72.3 cm³/mol. The molecular formula is C13H16N2O4S. The molecule has 1 saturated heterocycles. The number of carbonyl (C=O) groups is 3. The smallest absolute Gasteiger partial charge is 0.355 e. The van der Waals surface area contributed by atoms with E-state index in [2.05, 4.69) is 4.98 Å². The summed E-state index contributed by atoms with van der Waals surface area (Å²) in [4.78, 5) is 40.3. The number of carboxylic acid groups (broad SMARTS) is 1. The summed E-state index contributed by atoms with van der Waals surface area (Å²) in [6, 6.07) is 0. The van der Waals surface area contributed by atoms with Crippen molar-refractivity contribution < 1.29 is 19.5 Å². The Labute approximate surface area is 120 Å². The molecule has 1 aromatic rings. The Balaban J connectivity index is 2.19. The number of thiazole rings is 1. The number of aromatic carboxylic acids is 1. The quantitative estimate of drug-likeness (QED) is 0.838. The molecule has 2 heterocycles. The number of carbonyl (C=O) groups excluding carboxylic acids is 2. The molecule has 20 heavy (non-hydrogen) atoms. The Hall–Kier alpha value is -1.76. The summed E-state index contributed by atoms with van der Waals surface area (Å²) in [6.45, 7) is 3.88. The van der Waals surface area contributed by atoms with E-state index >= 15 is 0 Å². The second-order valence-electron chi connectivity index (χ2n) is 4.88. The van der Waals surface area contributed by atoms with E-state index < -0.39 is 11.4 Å². The van der Waals surface area contributed by atoms with Gasteiger partial charge in [0.25, 0.3) is 0 Å². The summed E-state index contributed by atoms with van der Waals surface area (Å²) >= 11 is 1.15. The van der Waals surface area contributed by atoms with Crippen LogP contribution in [0.4, 0.5) is 0 Å². The average Bonchev–Trinajstić information content (AvgIpc) is 2.98. The summed E-state index contributed by atoms with van der Waals surface area (Å²) in [7, 11) is 0. The van der Waals surface area contributed by atoms with Crippen LogP contribution in [0.3, 0.4) is 0 Å². The van der Waals surface area contributed by atoms with Gasteiger partial charge in [0.15, 0.2) is 5.69 Å². The van der Waals surface area contributed by atoms with Crippen molar-refractivity contribution in [3.63, 3.8) is 0 Å². The van der Waals surface area contributed by atoms with E-state index in [1.54, 1.807) is 0 Å². The minimum absolute atomic E-state index is 0.0543. The Morgan fingerprint density at radius 2 is 2.10 bits per heavy atom. The van der Waals surface area contributed by atoms with Gasteiger partial charge < -0.3 is 5.11 Å². The van der Waals surface area contributed by atoms with Gasteiger partial charge in [0, 0.05) is 11.8 Å². The summed E-state index contributed by atoms with van der Waals surface area (Å²) in [6.07, 6.45) is 1.49. The third-order valence-electron chi connectivity index (χ3n) is 3.91. The number of hydrogen-bond donors (Lipinski definition) is 1. The van der Waals surface area contributed by atoms with Crippen LogP contribution in [0.1, 0.15) is 48.6 Å².